The van der Waals surface area contributed by atoms with Crippen LogP contribution in [0.15, 0.2) is 48.5 Å². The molecule has 13 heteroatoms. The number of aliphatic hydroxyl groups excluding tert-OH is 1. The highest BCUT2D eigenvalue weighted by Gasteiger charge is 2.45. The largest absolute Gasteiger partial charge is 0.573 e. The fourth-order valence-corrected chi connectivity index (χ4v) is 3.71. The third kappa shape index (κ3) is 5.24. The number of carbonyl (C=O) groups excluding carboxylic acids is 2. The molecule has 0 fully saturated rings. The number of amides is 3. The molecule has 2 aromatic carbocycles. The highest BCUT2D eigenvalue weighted by atomic mass is 35.5. The number of halogens is 4. The zero-order chi connectivity index (χ0) is 25.3. The average molecular weight is 512 g/mol. The maximum atomic E-state index is 13.1. The topological polar surface area (TPSA) is 98.3 Å². The molecule has 1 unspecified atom stereocenters. The van der Waals surface area contributed by atoms with Gasteiger partial charge in [0.1, 0.15) is 18.0 Å². The van der Waals surface area contributed by atoms with E-state index in [4.69, 9.17) is 16.3 Å². The minimum Gasteiger partial charge on any atom is -0.425 e. The van der Waals surface area contributed by atoms with E-state index in [2.05, 4.69) is 9.72 Å². The monoisotopic (exact) mass is 511 g/mol. The van der Waals surface area contributed by atoms with Gasteiger partial charge in [-0.25, -0.2) is 9.69 Å². The van der Waals surface area contributed by atoms with Gasteiger partial charge in [0.2, 0.25) is 0 Å². The number of fused-ring (bicyclic) bond motifs is 1. The summed E-state index contributed by atoms with van der Waals surface area (Å²) in [6, 6.07) is 10.8. The molecule has 2 heterocycles. The number of urea groups is 1. The Morgan fingerprint density at radius 3 is 2.46 bits per heavy atom. The Morgan fingerprint density at radius 2 is 1.80 bits per heavy atom. The highest BCUT2D eigenvalue weighted by Crippen LogP contribution is 2.32. The standard InChI is InChI=1S/C22H18ClF3N4O5/c1-28-19(32)17-18(29(9-10-31)21(28)33)27-20(30(17)12-13-5-7-14(23)8-6-13)34-15-3-2-4-16(11-15)35-22(24,25)26/h2-8,11,31H,9-10,12H2,1H3/p+1. The number of nitrogens with zero attached hydrogens (tertiary/aromatic N) is 3. The lowest BCUT2D eigenvalue weighted by Crippen LogP contribution is -3.13. The van der Waals surface area contributed by atoms with Crippen molar-refractivity contribution in [2.45, 2.75) is 12.9 Å². The van der Waals surface area contributed by atoms with Gasteiger partial charge in [-0.1, -0.05) is 29.8 Å². The van der Waals surface area contributed by atoms with Crippen molar-refractivity contribution in [1.29, 1.82) is 0 Å². The maximum absolute atomic E-state index is 13.1. The van der Waals surface area contributed by atoms with Crippen LogP contribution >= 0.6 is 11.6 Å². The zero-order valence-electron chi connectivity index (χ0n) is 18.2. The van der Waals surface area contributed by atoms with Crippen molar-refractivity contribution in [2.75, 3.05) is 20.2 Å². The van der Waals surface area contributed by atoms with E-state index in [9.17, 15) is 27.9 Å². The normalized spacial score (nSPS) is 15.8. The fraction of sp³-hybridized carbons (Fsp3) is 0.227. The Labute approximate surface area is 201 Å². The molecule has 1 atom stereocenters. The molecule has 0 radical (unpaired) electrons. The van der Waals surface area contributed by atoms with Gasteiger partial charge in [-0.2, -0.15) is 4.90 Å². The molecule has 2 N–H and O–H groups in total. The molecule has 3 amide bonds. The third-order valence-electron chi connectivity index (χ3n) is 5.15. The molecule has 35 heavy (non-hydrogen) atoms. The summed E-state index contributed by atoms with van der Waals surface area (Å²) in [5.41, 5.74) is 0.757. The Bertz CT molecular complexity index is 1260. The minimum absolute atomic E-state index is 0.0395. The van der Waals surface area contributed by atoms with Crippen molar-refractivity contribution < 1.29 is 42.2 Å². The van der Waals surface area contributed by atoms with E-state index in [1.54, 1.807) is 24.3 Å². The van der Waals surface area contributed by atoms with Crippen LogP contribution in [0.5, 0.6) is 17.5 Å². The quantitative estimate of drug-likeness (QED) is 0.506. The number of hydrogen-bond donors (Lipinski definition) is 2. The van der Waals surface area contributed by atoms with E-state index >= 15 is 0 Å². The molecule has 0 aliphatic carbocycles. The van der Waals surface area contributed by atoms with E-state index < -0.39 is 24.1 Å². The molecule has 0 saturated heterocycles. The predicted molar refractivity (Wildman–Crippen MR) is 116 cm³/mol. The summed E-state index contributed by atoms with van der Waals surface area (Å²) in [5.74, 6) is -1.15. The van der Waals surface area contributed by atoms with Crippen LogP contribution in [-0.2, 0) is 6.54 Å². The summed E-state index contributed by atoms with van der Waals surface area (Å²) < 4.78 is 49.0. The molecule has 1 aromatic heterocycles. The van der Waals surface area contributed by atoms with Crippen LogP contribution in [-0.4, -0.2) is 58.1 Å². The minimum atomic E-state index is -4.89. The summed E-state index contributed by atoms with van der Waals surface area (Å²) in [5, 5.41) is 9.95. The van der Waals surface area contributed by atoms with Crippen LogP contribution in [0.3, 0.4) is 0 Å². The van der Waals surface area contributed by atoms with Crippen LogP contribution in [0.2, 0.25) is 5.02 Å². The molecule has 0 bridgehead atoms. The zero-order valence-corrected chi connectivity index (χ0v) is 18.9. The summed E-state index contributed by atoms with van der Waals surface area (Å²) in [6.07, 6.45) is -4.89. The van der Waals surface area contributed by atoms with Crippen LogP contribution in [0.25, 0.3) is 0 Å². The Hall–Kier alpha value is -3.61. The summed E-state index contributed by atoms with van der Waals surface area (Å²) >= 11 is 5.96. The van der Waals surface area contributed by atoms with E-state index in [0.717, 1.165) is 17.0 Å². The van der Waals surface area contributed by atoms with Gasteiger partial charge in [-0.3, -0.25) is 9.36 Å². The maximum Gasteiger partial charge on any atom is 0.573 e. The third-order valence-corrected chi connectivity index (χ3v) is 5.40. The van der Waals surface area contributed by atoms with Crippen LogP contribution in [0.1, 0.15) is 16.1 Å². The number of alkyl halides is 3. The molecule has 3 aromatic rings. The number of rotatable bonds is 7. The number of hydrogen-bond acceptors (Lipinski definition) is 6. The molecule has 184 valence electrons. The second kappa shape index (κ2) is 9.56. The number of aromatic nitrogens is 2. The molecule has 0 saturated carbocycles. The smallest absolute Gasteiger partial charge is 0.425 e. The molecule has 9 nitrogen and oxygen atoms in total. The first kappa shape index (κ1) is 24.5. The van der Waals surface area contributed by atoms with E-state index in [1.165, 1.54) is 23.7 Å². The van der Waals surface area contributed by atoms with E-state index in [-0.39, 0.29) is 47.9 Å². The number of nitrogens with one attached hydrogen (secondary N) is 1. The fourth-order valence-electron chi connectivity index (χ4n) is 3.59. The lowest BCUT2D eigenvalue weighted by molar-refractivity contribution is -0.751. The number of benzene rings is 2. The lowest BCUT2D eigenvalue weighted by atomic mass is 10.2. The first-order chi connectivity index (χ1) is 16.6. The molecule has 0 spiro atoms. The van der Waals surface area contributed by atoms with Crippen molar-refractivity contribution in [3.63, 3.8) is 0 Å². The summed E-state index contributed by atoms with van der Waals surface area (Å²) in [4.78, 5) is 31.1. The number of ether oxygens (including phenoxy) is 2. The van der Waals surface area contributed by atoms with E-state index in [1.807, 2.05) is 0 Å². The lowest BCUT2D eigenvalue weighted by Gasteiger charge is -2.25. The molecule has 1 aliphatic heterocycles. The van der Waals surface area contributed by atoms with Gasteiger partial charge in [0.25, 0.3) is 11.7 Å². The average Bonchev–Trinajstić information content (AvgIpc) is 3.13. The van der Waals surface area contributed by atoms with Gasteiger partial charge in [0.05, 0.1) is 13.2 Å². The van der Waals surface area contributed by atoms with Crippen LogP contribution < -0.4 is 14.4 Å². The molecular formula is C22H19ClF3N4O5+. The van der Waals surface area contributed by atoms with Crippen molar-refractivity contribution in [3.05, 3.63) is 64.8 Å². The second-order valence-electron chi connectivity index (χ2n) is 7.55. The van der Waals surface area contributed by atoms with Gasteiger partial charge in [-0.05, 0) is 29.8 Å². The molecular weight excluding hydrogens is 493 g/mol. The highest BCUT2D eigenvalue weighted by molar-refractivity contribution is 6.30. The van der Waals surface area contributed by atoms with Gasteiger partial charge in [-0.15, -0.1) is 18.2 Å². The summed E-state index contributed by atoms with van der Waals surface area (Å²) in [7, 11) is 1.31. The van der Waals surface area contributed by atoms with Crippen LogP contribution in [0, 0.1) is 0 Å². The molecule has 1 aliphatic rings. The summed E-state index contributed by atoms with van der Waals surface area (Å²) in [6.45, 7) is -0.344. The van der Waals surface area contributed by atoms with Gasteiger partial charge >= 0.3 is 18.4 Å². The molecule has 4 rings (SSSR count). The Morgan fingerprint density at radius 1 is 1.11 bits per heavy atom. The van der Waals surface area contributed by atoms with Gasteiger partial charge in [0, 0.05) is 18.1 Å². The van der Waals surface area contributed by atoms with Crippen molar-refractivity contribution in [2.24, 2.45) is 0 Å². The van der Waals surface area contributed by atoms with Crippen molar-refractivity contribution in [3.8, 4) is 17.5 Å². The predicted octanol–water partition coefficient (Wildman–Crippen LogP) is 2.99. The Kier molecular flexibility index (Phi) is 6.70. The van der Waals surface area contributed by atoms with Crippen LogP contribution in [0.4, 0.5) is 23.8 Å². The van der Waals surface area contributed by atoms with Crippen molar-refractivity contribution >= 4 is 29.4 Å². The Balaban J connectivity index is 1.80. The second-order valence-corrected chi connectivity index (χ2v) is 7.99. The number of imidazole rings is 1. The number of carbonyl (C=O) groups is 2. The first-order valence-corrected chi connectivity index (χ1v) is 10.6. The SMILES string of the molecule is CN1C(=O)c2c(nc(Oc3cccc(OC(F)(F)F)c3)n2Cc2ccc(Cl)cc2)[NH+](CCO)C1=O. The van der Waals surface area contributed by atoms with Gasteiger partial charge < -0.3 is 14.6 Å². The van der Waals surface area contributed by atoms with Gasteiger partial charge in [0.15, 0.2) is 5.69 Å². The van der Waals surface area contributed by atoms with E-state index in [0.29, 0.717) is 10.6 Å². The number of imide groups is 1. The number of quaternary nitrogens is 1. The van der Waals surface area contributed by atoms with Crippen molar-refractivity contribution in [1.82, 2.24) is 14.5 Å². The number of aliphatic hydroxyl groups is 1. The first-order valence-electron chi connectivity index (χ1n) is 10.3.